The number of aliphatic imine (C=N–C) groups is 1. The largest absolute Gasteiger partial charge is 0.283 e. The molecule has 0 spiro atoms. The molecule has 1 aromatic carbocycles. The minimum atomic E-state index is -0.176. The summed E-state index contributed by atoms with van der Waals surface area (Å²) in [5.41, 5.74) is 0.977. The molecular formula is C11H14N2O2. The Balaban J connectivity index is 2.44. The van der Waals surface area contributed by atoms with Crippen LogP contribution in [0.25, 0.3) is 0 Å². The molecule has 0 unspecified atom stereocenters. The van der Waals surface area contributed by atoms with E-state index in [-0.39, 0.29) is 12.5 Å². The van der Waals surface area contributed by atoms with Gasteiger partial charge in [0.1, 0.15) is 6.54 Å². The Morgan fingerprint density at radius 2 is 2.13 bits per heavy atom. The normalized spacial score (nSPS) is 10.5. The minimum Gasteiger partial charge on any atom is -0.283 e. The molecule has 0 N–H and O–H groups in total. The van der Waals surface area contributed by atoms with Crippen LogP contribution >= 0.6 is 0 Å². The second-order valence-corrected chi connectivity index (χ2v) is 2.95. The smallest absolute Gasteiger partial charge is 0.267 e. The number of likely N-dealkylation sites (N-methyl/N-ethyl adjacent to an activating group) is 1. The third kappa shape index (κ3) is 3.91. The van der Waals surface area contributed by atoms with Crippen molar-refractivity contribution in [3.05, 3.63) is 35.9 Å². The van der Waals surface area contributed by atoms with Crippen LogP contribution < -0.4 is 0 Å². The van der Waals surface area contributed by atoms with Crippen molar-refractivity contribution >= 4 is 12.1 Å². The van der Waals surface area contributed by atoms with E-state index in [1.54, 1.807) is 13.3 Å². The lowest BCUT2D eigenvalue weighted by atomic mass is 10.2. The maximum Gasteiger partial charge on any atom is 0.267 e. The second-order valence-electron chi connectivity index (χ2n) is 2.95. The quantitative estimate of drug-likeness (QED) is 0.547. The van der Waals surface area contributed by atoms with Crippen molar-refractivity contribution in [2.45, 2.75) is 0 Å². The van der Waals surface area contributed by atoms with E-state index in [1.807, 2.05) is 30.3 Å². The number of carbonyl (C=O) groups is 1. The fourth-order valence-corrected chi connectivity index (χ4v) is 0.970. The highest BCUT2D eigenvalue weighted by Crippen LogP contribution is 1.94. The van der Waals surface area contributed by atoms with Crippen LogP contribution in [-0.4, -0.2) is 37.9 Å². The van der Waals surface area contributed by atoms with Crippen LogP contribution in [0, 0.1) is 0 Å². The van der Waals surface area contributed by atoms with Gasteiger partial charge in [0.25, 0.3) is 5.91 Å². The summed E-state index contributed by atoms with van der Waals surface area (Å²) >= 11 is 0. The van der Waals surface area contributed by atoms with E-state index in [9.17, 15) is 4.79 Å². The molecule has 4 nitrogen and oxygen atoms in total. The van der Waals surface area contributed by atoms with Gasteiger partial charge in [0.2, 0.25) is 0 Å². The zero-order chi connectivity index (χ0) is 11.1. The van der Waals surface area contributed by atoms with E-state index in [0.717, 1.165) is 10.6 Å². The first kappa shape index (κ1) is 11.4. The van der Waals surface area contributed by atoms with E-state index in [0.29, 0.717) is 0 Å². The van der Waals surface area contributed by atoms with Gasteiger partial charge in [-0.3, -0.25) is 14.6 Å². The van der Waals surface area contributed by atoms with Crippen LogP contribution in [0.15, 0.2) is 35.3 Å². The van der Waals surface area contributed by atoms with Crippen molar-refractivity contribution in [1.82, 2.24) is 5.06 Å². The fourth-order valence-electron chi connectivity index (χ4n) is 0.970. The first-order valence-electron chi connectivity index (χ1n) is 4.59. The molecule has 0 saturated heterocycles. The molecular weight excluding hydrogens is 192 g/mol. The van der Waals surface area contributed by atoms with Crippen molar-refractivity contribution in [3.63, 3.8) is 0 Å². The Morgan fingerprint density at radius 1 is 1.47 bits per heavy atom. The number of rotatable bonds is 4. The molecule has 0 saturated carbocycles. The summed E-state index contributed by atoms with van der Waals surface area (Å²) in [6, 6.07) is 9.62. The van der Waals surface area contributed by atoms with Crippen molar-refractivity contribution in [1.29, 1.82) is 0 Å². The van der Waals surface area contributed by atoms with Crippen molar-refractivity contribution in [2.24, 2.45) is 4.99 Å². The Hall–Kier alpha value is -1.68. The first-order valence-corrected chi connectivity index (χ1v) is 4.59. The van der Waals surface area contributed by atoms with Gasteiger partial charge in [-0.25, -0.2) is 5.06 Å². The van der Waals surface area contributed by atoms with Gasteiger partial charge in [-0.1, -0.05) is 30.3 Å². The van der Waals surface area contributed by atoms with Gasteiger partial charge >= 0.3 is 0 Å². The summed E-state index contributed by atoms with van der Waals surface area (Å²) in [4.78, 5) is 20.0. The molecule has 0 radical (unpaired) electrons. The van der Waals surface area contributed by atoms with E-state index in [4.69, 9.17) is 4.84 Å². The molecule has 0 heterocycles. The van der Waals surface area contributed by atoms with Gasteiger partial charge in [-0.2, -0.15) is 0 Å². The fraction of sp³-hybridized carbons (Fsp3) is 0.273. The topological polar surface area (TPSA) is 41.9 Å². The van der Waals surface area contributed by atoms with Crippen molar-refractivity contribution < 1.29 is 9.63 Å². The van der Waals surface area contributed by atoms with Gasteiger partial charge in [-0.05, 0) is 5.56 Å². The third-order valence-corrected chi connectivity index (χ3v) is 1.89. The summed E-state index contributed by atoms with van der Waals surface area (Å²) in [6.07, 6.45) is 1.67. The second kappa shape index (κ2) is 5.93. The molecule has 1 amide bonds. The Kier molecular flexibility index (Phi) is 4.50. The molecule has 1 rings (SSSR count). The standard InChI is InChI=1S/C11H14N2O2/c1-13(15-2)11(14)9-12-8-10-6-4-3-5-7-10/h3-8H,9H2,1-2H3. The molecule has 4 heteroatoms. The number of amides is 1. The van der Waals surface area contributed by atoms with Crippen molar-refractivity contribution in [3.8, 4) is 0 Å². The van der Waals surface area contributed by atoms with Crippen LogP contribution in [0.3, 0.4) is 0 Å². The highest BCUT2D eigenvalue weighted by atomic mass is 16.7. The van der Waals surface area contributed by atoms with Gasteiger partial charge in [0, 0.05) is 13.3 Å². The highest BCUT2D eigenvalue weighted by molar-refractivity contribution is 5.83. The lowest BCUT2D eigenvalue weighted by Gasteiger charge is -2.11. The van der Waals surface area contributed by atoms with E-state index >= 15 is 0 Å². The average molecular weight is 206 g/mol. The van der Waals surface area contributed by atoms with Gasteiger partial charge < -0.3 is 0 Å². The summed E-state index contributed by atoms with van der Waals surface area (Å²) in [6.45, 7) is 0.0965. The molecule has 0 fully saturated rings. The van der Waals surface area contributed by atoms with Crippen LogP contribution in [0.2, 0.25) is 0 Å². The Morgan fingerprint density at radius 3 is 2.73 bits per heavy atom. The number of hydrogen-bond acceptors (Lipinski definition) is 3. The third-order valence-electron chi connectivity index (χ3n) is 1.89. The molecule has 0 aromatic heterocycles. The first-order chi connectivity index (χ1) is 7.24. The zero-order valence-electron chi connectivity index (χ0n) is 8.88. The monoisotopic (exact) mass is 206 g/mol. The van der Waals surface area contributed by atoms with Gasteiger partial charge in [-0.15, -0.1) is 0 Å². The number of benzene rings is 1. The lowest BCUT2D eigenvalue weighted by molar-refractivity contribution is -0.166. The summed E-state index contributed by atoms with van der Waals surface area (Å²) in [5.74, 6) is -0.176. The average Bonchev–Trinajstić information content (AvgIpc) is 2.29. The Bertz CT molecular complexity index is 336. The van der Waals surface area contributed by atoms with Crippen molar-refractivity contribution in [2.75, 3.05) is 20.7 Å². The lowest BCUT2D eigenvalue weighted by Crippen LogP contribution is -2.27. The number of carbonyl (C=O) groups excluding carboxylic acids is 1. The van der Waals surface area contributed by atoms with E-state index < -0.39 is 0 Å². The Labute approximate surface area is 89.1 Å². The molecule has 80 valence electrons. The van der Waals surface area contributed by atoms with Crippen LogP contribution in [0.5, 0.6) is 0 Å². The molecule has 0 atom stereocenters. The summed E-state index contributed by atoms with van der Waals surface area (Å²) in [5, 5.41) is 1.16. The molecule has 0 aliphatic carbocycles. The van der Waals surface area contributed by atoms with Crippen LogP contribution in [0.1, 0.15) is 5.56 Å². The van der Waals surface area contributed by atoms with E-state index in [2.05, 4.69) is 4.99 Å². The van der Waals surface area contributed by atoms with Crippen LogP contribution in [-0.2, 0) is 9.63 Å². The van der Waals surface area contributed by atoms with Gasteiger partial charge in [0.05, 0.1) is 7.11 Å². The highest BCUT2D eigenvalue weighted by Gasteiger charge is 2.04. The van der Waals surface area contributed by atoms with E-state index in [1.165, 1.54) is 7.11 Å². The number of hydrogen-bond donors (Lipinski definition) is 0. The molecule has 0 bridgehead atoms. The van der Waals surface area contributed by atoms with Crippen LogP contribution in [0.4, 0.5) is 0 Å². The summed E-state index contributed by atoms with van der Waals surface area (Å²) < 4.78 is 0. The zero-order valence-corrected chi connectivity index (χ0v) is 8.88. The molecule has 1 aromatic rings. The van der Waals surface area contributed by atoms with Gasteiger partial charge in [0.15, 0.2) is 0 Å². The minimum absolute atomic E-state index is 0.0965. The SMILES string of the molecule is CON(C)C(=O)CN=Cc1ccccc1. The predicted molar refractivity (Wildman–Crippen MR) is 58.7 cm³/mol. The predicted octanol–water partition coefficient (Wildman–Crippen LogP) is 1.13. The number of hydroxylamine groups is 2. The molecule has 15 heavy (non-hydrogen) atoms. The maximum absolute atomic E-state index is 11.3. The summed E-state index contributed by atoms with van der Waals surface area (Å²) in [7, 11) is 3.00. The molecule has 0 aliphatic rings. The number of nitrogens with zero attached hydrogens (tertiary/aromatic N) is 2. The maximum atomic E-state index is 11.3. The molecule has 0 aliphatic heterocycles.